The van der Waals surface area contributed by atoms with E-state index >= 15 is 0 Å². The number of hydroxylamine groups is 2. The molecule has 2 heterocycles. The highest BCUT2D eigenvalue weighted by molar-refractivity contribution is 9.12. The molecule has 1 amide bonds. The van der Waals surface area contributed by atoms with Crippen LogP contribution < -0.4 is 5.73 Å². The third-order valence-corrected chi connectivity index (χ3v) is 5.88. The lowest BCUT2D eigenvalue weighted by Crippen LogP contribution is -2.64. The fourth-order valence-corrected chi connectivity index (χ4v) is 4.11. The van der Waals surface area contributed by atoms with E-state index in [9.17, 15) is 31.5 Å². The van der Waals surface area contributed by atoms with E-state index in [0.29, 0.717) is 24.1 Å². The molecule has 2 N–H and O–H groups in total. The van der Waals surface area contributed by atoms with Gasteiger partial charge in [0.1, 0.15) is 22.7 Å². The number of halogens is 6. The quantitative estimate of drug-likeness (QED) is 0.539. The number of carbonyl (C=O) groups excluding carboxylic acids is 2. The first-order valence-electron chi connectivity index (χ1n) is 10.2. The van der Waals surface area contributed by atoms with Gasteiger partial charge in [-0.3, -0.25) is 14.6 Å². The second-order valence-corrected chi connectivity index (χ2v) is 8.84. The number of rotatable bonds is 6. The normalized spacial score (nSPS) is 22.1. The minimum Gasteiger partial charge on any atom is -0.471 e. The van der Waals surface area contributed by atoms with Crippen molar-refractivity contribution in [1.29, 1.82) is 0 Å². The summed E-state index contributed by atoms with van der Waals surface area (Å²) >= 11 is 3.01. The number of hydrogen-bond donors (Lipinski definition) is 1. The van der Waals surface area contributed by atoms with E-state index in [4.69, 9.17) is 15.3 Å². The molecular formula is C20H22BrF5N4O4. The van der Waals surface area contributed by atoms with Crippen molar-refractivity contribution in [2.75, 3.05) is 13.1 Å². The fourth-order valence-electron chi connectivity index (χ4n) is 3.62. The summed E-state index contributed by atoms with van der Waals surface area (Å²) in [7, 11) is 0. The molecule has 34 heavy (non-hydrogen) atoms. The Morgan fingerprint density at radius 1 is 1.29 bits per heavy atom. The lowest BCUT2D eigenvalue weighted by atomic mass is 10.2. The zero-order valence-electron chi connectivity index (χ0n) is 18.1. The SMILES string of the molecule is CC(C)N1C(=O)C(Br)=C(OCc2ccc(F)cc2F)N(OC(=O)C(F)(F)F)C1N1CC[C@H](N)C1. The average molecular weight is 557 g/mol. The number of hydrogen-bond acceptors (Lipinski definition) is 7. The van der Waals surface area contributed by atoms with E-state index in [2.05, 4.69) is 15.9 Å². The van der Waals surface area contributed by atoms with Crippen LogP contribution in [0.1, 0.15) is 25.8 Å². The van der Waals surface area contributed by atoms with Crippen LogP contribution in [0.4, 0.5) is 22.0 Å². The molecule has 0 saturated carbocycles. The van der Waals surface area contributed by atoms with Gasteiger partial charge < -0.3 is 15.3 Å². The standard InChI is InChI=1S/C20H22BrF5N4O4/c1-10(2)29-16(31)15(21)17(33-9-11-3-4-12(22)7-14(11)23)30(34-18(32)20(24,25)26)19(29)28-6-5-13(27)8-28/h3-4,7,10,13,19H,5-6,8-9,27H2,1-2H3/t13-,19?/m0/s1. The summed E-state index contributed by atoms with van der Waals surface area (Å²) in [5.41, 5.74) is 5.81. The summed E-state index contributed by atoms with van der Waals surface area (Å²) in [6.07, 6.45) is -6.18. The van der Waals surface area contributed by atoms with Gasteiger partial charge in [-0.2, -0.15) is 13.2 Å². The maximum atomic E-state index is 14.1. The molecule has 8 nitrogen and oxygen atoms in total. The van der Waals surface area contributed by atoms with Gasteiger partial charge in [0.25, 0.3) is 5.91 Å². The summed E-state index contributed by atoms with van der Waals surface area (Å²) in [6, 6.07) is 1.78. The number of nitrogens with zero attached hydrogens (tertiary/aromatic N) is 3. The third-order valence-electron chi connectivity index (χ3n) is 5.20. The first kappa shape index (κ1) is 26.2. The molecule has 0 spiro atoms. The highest BCUT2D eigenvalue weighted by atomic mass is 79.9. The van der Waals surface area contributed by atoms with E-state index in [1.54, 1.807) is 18.7 Å². The molecule has 188 valence electrons. The van der Waals surface area contributed by atoms with Gasteiger partial charge in [0.05, 0.1) is 0 Å². The summed E-state index contributed by atoms with van der Waals surface area (Å²) in [5, 5.41) is 0.529. The molecule has 1 aromatic carbocycles. The van der Waals surface area contributed by atoms with Gasteiger partial charge >= 0.3 is 12.1 Å². The van der Waals surface area contributed by atoms with E-state index in [-0.39, 0.29) is 22.6 Å². The van der Waals surface area contributed by atoms with E-state index in [1.807, 2.05) is 0 Å². The lowest BCUT2D eigenvalue weighted by Gasteiger charge is -2.48. The van der Waals surface area contributed by atoms with E-state index in [1.165, 1.54) is 4.90 Å². The zero-order valence-corrected chi connectivity index (χ0v) is 19.7. The first-order chi connectivity index (χ1) is 15.8. The topological polar surface area (TPSA) is 88.3 Å². The summed E-state index contributed by atoms with van der Waals surface area (Å²) in [4.78, 5) is 32.4. The second-order valence-electron chi connectivity index (χ2n) is 8.04. The van der Waals surface area contributed by atoms with Crippen LogP contribution in [0, 0.1) is 11.6 Å². The number of benzene rings is 1. The average Bonchev–Trinajstić information content (AvgIpc) is 3.16. The Morgan fingerprint density at radius 2 is 1.97 bits per heavy atom. The molecule has 2 atom stereocenters. The maximum Gasteiger partial charge on any atom is 0.493 e. The predicted molar refractivity (Wildman–Crippen MR) is 111 cm³/mol. The Hall–Kier alpha value is -2.45. The Kier molecular flexibility index (Phi) is 7.72. The van der Waals surface area contributed by atoms with Gasteiger partial charge in [-0.05, 0) is 48.3 Å². The molecule has 0 aromatic heterocycles. The van der Waals surface area contributed by atoms with Gasteiger partial charge in [-0.1, -0.05) is 0 Å². The molecule has 1 saturated heterocycles. The Bertz CT molecular complexity index is 990. The molecular weight excluding hydrogens is 535 g/mol. The predicted octanol–water partition coefficient (Wildman–Crippen LogP) is 2.94. The van der Waals surface area contributed by atoms with Crippen LogP contribution in [0.15, 0.2) is 28.6 Å². The van der Waals surface area contributed by atoms with E-state index < -0.39 is 54.5 Å². The van der Waals surface area contributed by atoms with Crippen LogP contribution in [0.25, 0.3) is 0 Å². The molecule has 1 fully saturated rings. The lowest BCUT2D eigenvalue weighted by molar-refractivity contribution is -0.278. The Labute approximate surface area is 200 Å². The molecule has 0 bridgehead atoms. The van der Waals surface area contributed by atoms with Crippen molar-refractivity contribution in [3.63, 3.8) is 0 Å². The zero-order chi connectivity index (χ0) is 25.4. The molecule has 2 aliphatic heterocycles. The Balaban J connectivity index is 2.04. The van der Waals surface area contributed by atoms with Crippen LogP contribution >= 0.6 is 15.9 Å². The third kappa shape index (κ3) is 5.44. The number of amides is 1. The molecule has 3 rings (SSSR count). The van der Waals surface area contributed by atoms with Crippen molar-refractivity contribution in [2.45, 2.75) is 51.4 Å². The minimum absolute atomic E-state index is 0.144. The monoisotopic (exact) mass is 556 g/mol. The van der Waals surface area contributed by atoms with Crippen LogP contribution in [0.3, 0.4) is 0 Å². The van der Waals surface area contributed by atoms with Crippen molar-refractivity contribution >= 4 is 27.8 Å². The van der Waals surface area contributed by atoms with Crippen molar-refractivity contribution in [3.8, 4) is 0 Å². The summed E-state index contributed by atoms with van der Waals surface area (Å²) in [5.74, 6) is -5.59. The van der Waals surface area contributed by atoms with Gasteiger partial charge in [0.2, 0.25) is 12.2 Å². The Morgan fingerprint density at radius 3 is 2.50 bits per heavy atom. The number of nitrogens with two attached hydrogens (primary N) is 1. The van der Waals surface area contributed by atoms with Gasteiger partial charge in [0.15, 0.2) is 0 Å². The molecule has 14 heteroatoms. The van der Waals surface area contributed by atoms with Crippen LogP contribution in [0.5, 0.6) is 0 Å². The van der Waals surface area contributed by atoms with Crippen molar-refractivity contribution in [2.24, 2.45) is 5.73 Å². The number of alkyl halides is 3. The molecule has 1 unspecified atom stereocenters. The molecule has 1 aromatic rings. The van der Waals surface area contributed by atoms with Crippen molar-refractivity contribution < 1.29 is 41.1 Å². The maximum absolute atomic E-state index is 14.1. The highest BCUT2D eigenvalue weighted by Gasteiger charge is 2.51. The van der Waals surface area contributed by atoms with Crippen molar-refractivity contribution in [1.82, 2.24) is 14.9 Å². The molecule has 0 radical (unpaired) electrons. The molecule has 0 aliphatic carbocycles. The largest absolute Gasteiger partial charge is 0.493 e. The number of ether oxygens (including phenoxy) is 1. The van der Waals surface area contributed by atoms with E-state index in [0.717, 1.165) is 12.1 Å². The minimum atomic E-state index is -5.35. The fraction of sp³-hybridized carbons (Fsp3) is 0.500. The highest BCUT2D eigenvalue weighted by Crippen LogP contribution is 2.36. The second kappa shape index (κ2) is 10.0. The first-order valence-corrected chi connectivity index (χ1v) is 11.0. The molecule has 2 aliphatic rings. The van der Waals surface area contributed by atoms with Crippen LogP contribution in [0.2, 0.25) is 0 Å². The number of likely N-dealkylation sites (tertiary alicyclic amines) is 1. The summed E-state index contributed by atoms with van der Waals surface area (Å²) in [6.45, 7) is 3.14. The van der Waals surface area contributed by atoms with Gasteiger partial charge in [0, 0.05) is 36.8 Å². The number of carbonyl (C=O) groups is 2. The van der Waals surface area contributed by atoms with Crippen LogP contribution in [-0.2, 0) is 25.8 Å². The van der Waals surface area contributed by atoms with Crippen LogP contribution in [-0.4, -0.2) is 64.4 Å². The smallest absolute Gasteiger partial charge is 0.471 e. The van der Waals surface area contributed by atoms with Gasteiger partial charge in [-0.25, -0.2) is 13.6 Å². The van der Waals surface area contributed by atoms with Crippen molar-refractivity contribution in [3.05, 3.63) is 45.8 Å². The summed E-state index contributed by atoms with van der Waals surface area (Å²) < 4.78 is 71.7. The van der Waals surface area contributed by atoms with Gasteiger partial charge in [-0.15, -0.1) is 5.06 Å².